The van der Waals surface area contributed by atoms with Crippen LogP contribution < -0.4 is 14.8 Å². The SMILES string of the molecule is COc1cc(OC)c(NC(=O)c2csc(I)c2)cc1Cl. The zero-order valence-corrected chi connectivity index (χ0v) is 14.4. The van der Waals surface area contributed by atoms with Crippen LogP contribution in [0.4, 0.5) is 5.69 Å². The summed E-state index contributed by atoms with van der Waals surface area (Å²) in [6, 6.07) is 5.06. The first kappa shape index (κ1) is 15.4. The fourth-order valence-corrected chi connectivity index (χ4v) is 3.15. The summed E-state index contributed by atoms with van der Waals surface area (Å²) in [4.78, 5) is 12.1. The lowest BCUT2D eigenvalue weighted by Crippen LogP contribution is -2.11. The summed E-state index contributed by atoms with van der Waals surface area (Å²) >= 11 is 9.74. The van der Waals surface area contributed by atoms with Gasteiger partial charge in [-0.2, -0.15) is 0 Å². The molecular weight excluding hydrogens is 413 g/mol. The van der Waals surface area contributed by atoms with Gasteiger partial charge in [0.15, 0.2) is 0 Å². The first-order valence-electron chi connectivity index (χ1n) is 5.52. The van der Waals surface area contributed by atoms with Crippen LogP contribution in [0.2, 0.25) is 5.02 Å². The predicted octanol–water partition coefficient (Wildman–Crippen LogP) is 4.28. The van der Waals surface area contributed by atoms with Gasteiger partial charge in [-0.05, 0) is 34.7 Å². The molecule has 20 heavy (non-hydrogen) atoms. The minimum atomic E-state index is -0.205. The van der Waals surface area contributed by atoms with Gasteiger partial charge in [-0.3, -0.25) is 4.79 Å². The number of methoxy groups -OCH3 is 2. The van der Waals surface area contributed by atoms with Crippen LogP contribution in [0.3, 0.4) is 0 Å². The van der Waals surface area contributed by atoms with E-state index in [0.717, 1.165) is 2.88 Å². The highest BCUT2D eigenvalue weighted by Gasteiger charge is 2.14. The normalized spacial score (nSPS) is 10.2. The zero-order valence-electron chi connectivity index (χ0n) is 10.7. The van der Waals surface area contributed by atoms with Crippen LogP contribution in [0, 0.1) is 2.88 Å². The number of hydrogen-bond acceptors (Lipinski definition) is 4. The fraction of sp³-hybridized carbons (Fsp3) is 0.154. The van der Waals surface area contributed by atoms with Gasteiger partial charge in [0.05, 0.1) is 33.4 Å². The van der Waals surface area contributed by atoms with Crippen LogP contribution in [-0.4, -0.2) is 20.1 Å². The maximum Gasteiger partial charge on any atom is 0.256 e. The van der Waals surface area contributed by atoms with Crippen LogP contribution in [0.25, 0.3) is 0 Å². The highest BCUT2D eigenvalue weighted by Crippen LogP contribution is 2.36. The number of anilines is 1. The molecule has 7 heteroatoms. The molecule has 1 aromatic carbocycles. The summed E-state index contributed by atoms with van der Waals surface area (Å²) in [7, 11) is 3.04. The molecule has 1 aromatic heterocycles. The van der Waals surface area contributed by atoms with Gasteiger partial charge in [0.1, 0.15) is 11.5 Å². The lowest BCUT2D eigenvalue weighted by Gasteiger charge is -2.12. The molecule has 106 valence electrons. The minimum Gasteiger partial charge on any atom is -0.495 e. The molecule has 0 fully saturated rings. The summed E-state index contributed by atoms with van der Waals surface area (Å²) in [5.74, 6) is 0.778. The largest absolute Gasteiger partial charge is 0.495 e. The van der Waals surface area contributed by atoms with Gasteiger partial charge in [0.2, 0.25) is 0 Å². The van der Waals surface area contributed by atoms with E-state index < -0.39 is 0 Å². The Balaban J connectivity index is 2.28. The lowest BCUT2D eigenvalue weighted by molar-refractivity contribution is 0.102. The quantitative estimate of drug-likeness (QED) is 0.747. The van der Waals surface area contributed by atoms with E-state index in [-0.39, 0.29) is 5.91 Å². The summed E-state index contributed by atoms with van der Waals surface area (Å²) < 4.78 is 11.4. The van der Waals surface area contributed by atoms with E-state index in [4.69, 9.17) is 21.1 Å². The fourth-order valence-electron chi connectivity index (χ4n) is 1.58. The van der Waals surface area contributed by atoms with Crippen molar-refractivity contribution >= 4 is 57.1 Å². The molecule has 0 aliphatic rings. The van der Waals surface area contributed by atoms with Crippen molar-refractivity contribution in [2.75, 3.05) is 19.5 Å². The van der Waals surface area contributed by atoms with E-state index >= 15 is 0 Å². The number of rotatable bonds is 4. The van der Waals surface area contributed by atoms with E-state index in [2.05, 4.69) is 27.9 Å². The molecule has 4 nitrogen and oxygen atoms in total. The molecule has 0 spiro atoms. The van der Waals surface area contributed by atoms with Crippen molar-refractivity contribution in [2.45, 2.75) is 0 Å². The number of halogens is 2. The Labute approximate surface area is 139 Å². The van der Waals surface area contributed by atoms with Crippen molar-refractivity contribution in [3.63, 3.8) is 0 Å². The second-order valence-electron chi connectivity index (χ2n) is 3.78. The van der Waals surface area contributed by atoms with E-state index in [9.17, 15) is 4.79 Å². The summed E-state index contributed by atoms with van der Waals surface area (Å²) in [6.45, 7) is 0. The molecule has 2 rings (SSSR count). The number of carbonyl (C=O) groups excluding carboxylic acids is 1. The number of nitrogens with one attached hydrogen (secondary N) is 1. The average molecular weight is 424 g/mol. The Bertz CT molecular complexity index is 645. The summed E-state index contributed by atoms with van der Waals surface area (Å²) in [6.07, 6.45) is 0. The van der Waals surface area contributed by atoms with Crippen LogP contribution in [0.1, 0.15) is 10.4 Å². The Morgan fingerprint density at radius 3 is 2.50 bits per heavy atom. The van der Waals surface area contributed by atoms with Crippen molar-refractivity contribution in [2.24, 2.45) is 0 Å². The molecule has 0 saturated heterocycles. The Morgan fingerprint density at radius 1 is 1.25 bits per heavy atom. The second kappa shape index (κ2) is 6.64. The number of carbonyl (C=O) groups is 1. The van der Waals surface area contributed by atoms with Gasteiger partial charge < -0.3 is 14.8 Å². The average Bonchev–Trinajstić information content (AvgIpc) is 2.86. The van der Waals surface area contributed by atoms with E-state index in [0.29, 0.717) is 27.8 Å². The highest BCUT2D eigenvalue weighted by atomic mass is 127. The lowest BCUT2D eigenvalue weighted by atomic mass is 10.2. The molecular formula is C13H11ClINO3S. The first-order valence-corrected chi connectivity index (χ1v) is 7.85. The zero-order chi connectivity index (χ0) is 14.7. The topological polar surface area (TPSA) is 47.6 Å². The van der Waals surface area contributed by atoms with Crippen molar-refractivity contribution in [1.82, 2.24) is 0 Å². The Hall–Kier alpha value is -0.990. The maximum absolute atomic E-state index is 12.1. The van der Waals surface area contributed by atoms with Crippen LogP contribution in [0.5, 0.6) is 11.5 Å². The van der Waals surface area contributed by atoms with Gasteiger partial charge in [-0.25, -0.2) is 0 Å². The first-order chi connectivity index (χ1) is 9.55. The van der Waals surface area contributed by atoms with E-state index in [1.54, 1.807) is 17.5 Å². The number of ether oxygens (including phenoxy) is 2. The van der Waals surface area contributed by atoms with Gasteiger partial charge in [0, 0.05) is 11.4 Å². The molecule has 0 atom stereocenters. The molecule has 0 unspecified atom stereocenters. The van der Waals surface area contributed by atoms with Gasteiger partial charge in [-0.1, -0.05) is 11.6 Å². The molecule has 0 saturated carbocycles. The van der Waals surface area contributed by atoms with E-state index in [1.165, 1.54) is 25.6 Å². The highest BCUT2D eigenvalue weighted by molar-refractivity contribution is 14.1. The molecule has 1 heterocycles. The predicted molar refractivity (Wildman–Crippen MR) is 89.5 cm³/mol. The number of benzene rings is 1. The maximum atomic E-state index is 12.1. The van der Waals surface area contributed by atoms with Crippen molar-refractivity contribution in [1.29, 1.82) is 0 Å². The molecule has 0 aliphatic carbocycles. The number of amides is 1. The Kier molecular flexibility index (Phi) is 5.11. The standard InChI is InChI=1S/C13H11ClINO3S/c1-18-10-5-11(19-2)9(4-8(10)14)16-13(17)7-3-12(15)20-6-7/h3-6H,1-2H3,(H,16,17). The van der Waals surface area contributed by atoms with E-state index in [1.807, 2.05) is 6.07 Å². The van der Waals surface area contributed by atoms with Crippen molar-refractivity contribution in [3.05, 3.63) is 37.0 Å². The second-order valence-corrected chi connectivity index (χ2v) is 6.99. The molecule has 0 aliphatic heterocycles. The summed E-state index contributed by atoms with van der Waals surface area (Å²) in [5, 5.41) is 4.99. The number of thiophene rings is 1. The Morgan fingerprint density at radius 2 is 1.95 bits per heavy atom. The van der Waals surface area contributed by atoms with Gasteiger partial charge >= 0.3 is 0 Å². The monoisotopic (exact) mass is 423 g/mol. The molecule has 2 aromatic rings. The number of hydrogen-bond donors (Lipinski definition) is 1. The molecule has 0 radical (unpaired) electrons. The molecule has 0 bridgehead atoms. The van der Waals surface area contributed by atoms with Crippen molar-refractivity contribution < 1.29 is 14.3 Å². The van der Waals surface area contributed by atoms with Crippen LogP contribution in [0.15, 0.2) is 23.6 Å². The third kappa shape index (κ3) is 3.36. The molecule has 1 amide bonds. The smallest absolute Gasteiger partial charge is 0.256 e. The third-order valence-corrected chi connectivity index (χ3v) is 4.64. The van der Waals surface area contributed by atoms with Crippen LogP contribution >= 0.6 is 45.5 Å². The third-order valence-electron chi connectivity index (χ3n) is 2.55. The van der Waals surface area contributed by atoms with Gasteiger partial charge in [0.25, 0.3) is 5.91 Å². The van der Waals surface area contributed by atoms with Crippen LogP contribution in [-0.2, 0) is 0 Å². The summed E-state index contributed by atoms with van der Waals surface area (Å²) in [5.41, 5.74) is 1.11. The minimum absolute atomic E-state index is 0.205. The van der Waals surface area contributed by atoms with Crippen molar-refractivity contribution in [3.8, 4) is 11.5 Å². The van der Waals surface area contributed by atoms with Gasteiger partial charge in [-0.15, -0.1) is 11.3 Å². The molecule has 1 N–H and O–H groups in total.